The van der Waals surface area contributed by atoms with Crippen molar-refractivity contribution in [1.29, 1.82) is 0 Å². The van der Waals surface area contributed by atoms with Crippen LogP contribution in [0.25, 0.3) is 0 Å². The predicted molar refractivity (Wildman–Crippen MR) is 122 cm³/mol. The molecule has 5 heteroatoms. The van der Waals surface area contributed by atoms with Gasteiger partial charge in [-0.15, -0.1) is 11.6 Å². The third-order valence-corrected chi connectivity index (χ3v) is 6.36. The maximum atomic E-state index is 11.2. The number of ether oxygens (including phenoxy) is 3. The molecule has 0 aliphatic heterocycles. The summed E-state index contributed by atoms with van der Waals surface area (Å²) in [6, 6.07) is 10.2. The van der Waals surface area contributed by atoms with Crippen LogP contribution in [0.5, 0.6) is 0 Å². The molecule has 1 fully saturated rings. The lowest BCUT2D eigenvalue weighted by atomic mass is 9.64. The Hall–Kier alpha value is -1.46. The van der Waals surface area contributed by atoms with Crippen molar-refractivity contribution in [3.05, 3.63) is 59.7 Å². The number of carbonyl (C=O) groups excluding carboxylic acids is 1. The molecule has 166 valence electrons. The Morgan fingerprint density at radius 2 is 2.03 bits per heavy atom. The van der Waals surface area contributed by atoms with Crippen LogP contribution in [0.4, 0.5) is 0 Å². The fourth-order valence-corrected chi connectivity index (χ4v) is 4.59. The summed E-state index contributed by atoms with van der Waals surface area (Å²) in [6.07, 6.45) is 7.00. The van der Waals surface area contributed by atoms with E-state index in [0.29, 0.717) is 31.9 Å². The van der Waals surface area contributed by atoms with Crippen LogP contribution in [0.3, 0.4) is 0 Å². The standard InChI is InChI=1S/C25H35ClO4/c1-20(17-26)23-13-12-21(2)25(14-8-15-27,30-19-28-3)24(23)11-7-16-29-18-22-9-5-4-6-10-22/h4-6,9-11,15,21,23H,1,7-8,12-14,16-19H2,2-3H3/b24-11+/t21-,23+,25-/m1/s1. The van der Waals surface area contributed by atoms with Crippen LogP contribution < -0.4 is 0 Å². The van der Waals surface area contributed by atoms with Crippen LogP contribution in [0, 0.1) is 11.8 Å². The lowest BCUT2D eigenvalue weighted by Crippen LogP contribution is -2.48. The van der Waals surface area contributed by atoms with Gasteiger partial charge in [0, 0.05) is 25.3 Å². The van der Waals surface area contributed by atoms with Gasteiger partial charge in [0.15, 0.2) is 0 Å². The van der Waals surface area contributed by atoms with E-state index < -0.39 is 5.60 Å². The van der Waals surface area contributed by atoms with E-state index in [0.717, 1.165) is 36.7 Å². The Labute approximate surface area is 186 Å². The zero-order valence-electron chi connectivity index (χ0n) is 18.3. The molecular formula is C25H35ClO4. The molecule has 1 aliphatic rings. The quantitative estimate of drug-likeness (QED) is 0.131. The number of benzene rings is 1. The summed E-state index contributed by atoms with van der Waals surface area (Å²) in [5.41, 5.74) is 2.79. The van der Waals surface area contributed by atoms with Crippen molar-refractivity contribution in [2.24, 2.45) is 11.8 Å². The van der Waals surface area contributed by atoms with E-state index in [9.17, 15) is 4.79 Å². The molecule has 0 aromatic heterocycles. The Balaban J connectivity index is 2.20. The zero-order chi connectivity index (χ0) is 21.8. The normalized spacial score (nSPS) is 25.4. The summed E-state index contributed by atoms with van der Waals surface area (Å²) in [5, 5.41) is 0. The molecule has 0 heterocycles. The van der Waals surface area contributed by atoms with Gasteiger partial charge < -0.3 is 19.0 Å². The van der Waals surface area contributed by atoms with E-state index in [4.69, 9.17) is 25.8 Å². The third kappa shape index (κ3) is 6.52. The number of aldehydes is 1. The van der Waals surface area contributed by atoms with Gasteiger partial charge in [-0.1, -0.05) is 55.5 Å². The highest BCUT2D eigenvalue weighted by atomic mass is 35.5. The van der Waals surface area contributed by atoms with Crippen LogP contribution in [-0.4, -0.2) is 38.3 Å². The summed E-state index contributed by atoms with van der Waals surface area (Å²) >= 11 is 6.17. The first-order chi connectivity index (χ1) is 14.6. The SMILES string of the molecule is C=C(CCl)[C@@H]1CC[C@@H](C)[C@@](CCC=O)(OCOC)/C1=C/CCOCc1ccccc1. The highest BCUT2D eigenvalue weighted by Gasteiger charge is 2.46. The second-order valence-electron chi connectivity index (χ2n) is 7.95. The Morgan fingerprint density at radius 3 is 2.70 bits per heavy atom. The average Bonchev–Trinajstić information content (AvgIpc) is 2.78. The fraction of sp³-hybridized carbons (Fsp3) is 0.560. The molecule has 0 spiro atoms. The Morgan fingerprint density at radius 1 is 1.27 bits per heavy atom. The van der Waals surface area contributed by atoms with Gasteiger partial charge >= 0.3 is 0 Å². The summed E-state index contributed by atoms with van der Waals surface area (Å²) in [4.78, 5) is 11.2. The van der Waals surface area contributed by atoms with Crippen molar-refractivity contribution in [2.75, 3.05) is 26.4 Å². The average molecular weight is 435 g/mol. The molecule has 0 unspecified atom stereocenters. The molecule has 0 saturated heterocycles. The first-order valence-electron chi connectivity index (χ1n) is 10.7. The van der Waals surface area contributed by atoms with Crippen molar-refractivity contribution in [3.8, 4) is 0 Å². The molecule has 1 aromatic rings. The van der Waals surface area contributed by atoms with Crippen molar-refractivity contribution in [1.82, 2.24) is 0 Å². The summed E-state index contributed by atoms with van der Waals surface area (Å²) in [7, 11) is 1.62. The number of hydrogen-bond acceptors (Lipinski definition) is 4. The van der Waals surface area contributed by atoms with E-state index in [2.05, 4.69) is 31.7 Å². The number of rotatable bonds is 13. The Kier molecular flexibility index (Phi) is 10.8. The van der Waals surface area contributed by atoms with E-state index in [1.165, 1.54) is 5.57 Å². The predicted octanol–water partition coefficient (Wildman–Crippen LogP) is 5.70. The minimum Gasteiger partial charge on any atom is -0.376 e. The second-order valence-corrected chi connectivity index (χ2v) is 8.22. The van der Waals surface area contributed by atoms with E-state index in [1.807, 2.05) is 18.2 Å². The smallest absolute Gasteiger partial charge is 0.147 e. The second kappa shape index (κ2) is 13.1. The minimum absolute atomic E-state index is 0.149. The zero-order valence-corrected chi connectivity index (χ0v) is 19.0. The maximum absolute atomic E-state index is 11.2. The van der Waals surface area contributed by atoms with Crippen molar-refractivity contribution >= 4 is 17.9 Å². The van der Waals surface area contributed by atoms with Crippen LogP contribution in [0.1, 0.15) is 44.6 Å². The largest absolute Gasteiger partial charge is 0.376 e. The topological polar surface area (TPSA) is 44.8 Å². The van der Waals surface area contributed by atoms with Crippen LogP contribution in [0.2, 0.25) is 0 Å². The first-order valence-corrected chi connectivity index (χ1v) is 11.2. The number of carbonyl (C=O) groups is 1. The maximum Gasteiger partial charge on any atom is 0.147 e. The molecule has 0 amide bonds. The third-order valence-electron chi connectivity index (χ3n) is 6.02. The number of hydrogen-bond donors (Lipinski definition) is 0. The molecule has 0 N–H and O–H groups in total. The summed E-state index contributed by atoms with van der Waals surface area (Å²) in [5.74, 6) is 0.828. The first kappa shape index (κ1) is 24.8. The highest BCUT2D eigenvalue weighted by molar-refractivity contribution is 6.19. The number of methoxy groups -OCH3 is 1. The van der Waals surface area contributed by atoms with E-state index in [-0.39, 0.29) is 18.6 Å². The molecule has 30 heavy (non-hydrogen) atoms. The molecule has 1 aromatic carbocycles. The van der Waals surface area contributed by atoms with Crippen LogP contribution in [0.15, 0.2) is 54.1 Å². The molecule has 1 aliphatic carbocycles. The number of alkyl halides is 1. The van der Waals surface area contributed by atoms with Gasteiger partial charge in [0.2, 0.25) is 0 Å². The van der Waals surface area contributed by atoms with Crippen molar-refractivity contribution in [2.45, 2.75) is 51.2 Å². The lowest BCUT2D eigenvalue weighted by molar-refractivity contribution is -0.150. The van der Waals surface area contributed by atoms with Crippen LogP contribution >= 0.6 is 11.6 Å². The van der Waals surface area contributed by atoms with Gasteiger partial charge in [0.1, 0.15) is 13.1 Å². The molecule has 3 atom stereocenters. The van der Waals surface area contributed by atoms with E-state index >= 15 is 0 Å². The highest BCUT2D eigenvalue weighted by Crippen LogP contribution is 2.49. The van der Waals surface area contributed by atoms with Gasteiger partial charge in [0.05, 0.1) is 18.8 Å². The molecule has 4 nitrogen and oxygen atoms in total. The molecule has 2 rings (SSSR count). The Bertz CT molecular complexity index is 688. The number of halogens is 1. The fourth-order valence-electron chi connectivity index (χ4n) is 4.40. The molecule has 0 radical (unpaired) electrons. The van der Waals surface area contributed by atoms with Crippen molar-refractivity contribution < 1.29 is 19.0 Å². The van der Waals surface area contributed by atoms with Gasteiger partial charge in [-0.25, -0.2) is 0 Å². The molecular weight excluding hydrogens is 400 g/mol. The molecule has 0 bridgehead atoms. The van der Waals surface area contributed by atoms with Crippen molar-refractivity contribution in [3.63, 3.8) is 0 Å². The van der Waals surface area contributed by atoms with Crippen LogP contribution in [-0.2, 0) is 25.6 Å². The monoisotopic (exact) mass is 434 g/mol. The lowest BCUT2D eigenvalue weighted by Gasteiger charge is -2.48. The van der Waals surface area contributed by atoms with Gasteiger partial charge in [-0.2, -0.15) is 0 Å². The van der Waals surface area contributed by atoms with Gasteiger partial charge in [-0.05, 0) is 42.7 Å². The molecule has 1 saturated carbocycles. The minimum atomic E-state index is -0.547. The summed E-state index contributed by atoms with van der Waals surface area (Å²) < 4.78 is 17.4. The van der Waals surface area contributed by atoms with E-state index in [1.54, 1.807) is 7.11 Å². The van der Waals surface area contributed by atoms with Gasteiger partial charge in [-0.3, -0.25) is 0 Å². The number of allylic oxidation sites excluding steroid dienone is 1. The summed E-state index contributed by atoms with van der Waals surface area (Å²) in [6.45, 7) is 7.81. The van der Waals surface area contributed by atoms with Gasteiger partial charge in [0.25, 0.3) is 0 Å².